The molecule has 1 aromatic rings. The topological polar surface area (TPSA) is 35.0 Å². The zero-order valence-corrected chi connectivity index (χ0v) is 10.6. The minimum absolute atomic E-state index is 0.627. The molecule has 0 saturated heterocycles. The van der Waals surface area contributed by atoms with E-state index in [-0.39, 0.29) is 0 Å². The van der Waals surface area contributed by atoms with Crippen LogP contribution in [0.4, 0.5) is 0 Å². The van der Waals surface area contributed by atoms with Gasteiger partial charge in [0.2, 0.25) is 5.88 Å². The van der Waals surface area contributed by atoms with Crippen LogP contribution in [0.3, 0.4) is 0 Å². The smallest absolute Gasteiger partial charge is 0.233 e. The number of ether oxygens (including phenoxy) is 1. The van der Waals surface area contributed by atoms with Gasteiger partial charge in [-0.1, -0.05) is 12.2 Å². The zero-order chi connectivity index (χ0) is 11.5. The molecule has 3 rings (SSSR count). The molecule has 0 atom stereocenters. The largest absolute Gasteiger partial charge is 0.476 e. The molecule has 3 nitrogen and oxygen atoms in total. The van der Waals surface area contributed by atoms with E-state index < -0.39 is 0 Å². The fraction of sp³-hybridized carbons (Fsp3) is 0.538. The third-order valence-electron chi connectivity index (χ3n) is 3.25. The van der Waals surface area contributed by atoms with Crippen molar-refractivity contribution >= 4 is 11.8 Å². The highest BCUT2D eigenvalue weighted by atomic mass is 32.2. The standard InChI is InChI=1S/C13H16N2OS/c1-2-4-10(3-1)8-16-13-7-11-9-17-6-5-12(11)14-15-13/h1-2,7,10H,3-6,8-9H2. The Morgan fingerprint density at radius 1 is 1.29 bits per heavy atom. The van der Waals surface area contributed by atoms with Gasteiger partial charge in [-0.3, -0.25) is 0 Å². The summed E-state index contributed by atoms with van der Waals surface area (Å²) in [5, 5.41) is 8.41. The lowest BCUT2D eigenvalue weighted by Crippen LogP contribution is -2.12. The normalized spacial score (nSPS) is 19.3. The average Bonchev–Trinajstić information content (AvgIpc) is 2.89. The highest BCUT2D eigenvalue weighted by molar-refractivity contribution is 7.98. The summed E-state index contributed by atoms with van der Waals surface area (Å²) in [6.45, 7) is 0.758. The summed E-state index contributed by atoms with van der Waals surface area (Å²) in [5.41, 5.74) is 2.45. The van der Waals surface area contributed by atoms with Gasteiger partial charge in [0.1, 0.15) is 0 Å². The van der Waals surface area contributed by atoms with Gasteiger partial charge in [-0.2, -0.15) is 16.9 Å². The third-order valence-corrected chi connectivity index (χ3v) is 4.26. The van der Waals surface area contributed by atoms with E-state index in [4.69, 9.17) is 4.74 Å². The minimum atomic E-state index is 0.627. The number of aryl methyl sites for hydroxylation is 1. The van der Waals surface area contributed by atoms with E-state index in [9.17, 15) is 0 Å². The van der Waals surface area contributed by atoms with Gasteiger partial charge in [0, 0.05) is 18.2 Å². The summed E-state index contributed by atoms with van der Waals surface area (Å²) < 4.78 is 5.73. The van der Waals surface area contributed by atoms with Gasteiger partial charge in [-0.05, 0) is 30.1 Å². The maximum absolute atomic E-state index is 5.73. The van der Waals surface area contributed by atoms with Crippen LogP contribution in [0.5, 0.6) is 5.88 Å². The molecule has 0 radical (unpaired) electrons. The van der Waals surface area contributed by atoms with Crippen LogP contribution in [-0.2, 0) is 12.2 Å². The Labute approximate surface area is 106 Å². The summed E-state index contributed by atoms with van der Waals surface area (Å²) in [5.74, 6) is 3.53. The molecule has 0 unspecified atom stereocenters. The van der Waals surface area contributed by atoms with E-state index in [0.717, 1.165) is 43.1 Å². The molecule has 0 fully saturated rings. The molecule has 0 bridgehead atoms. The monoisotopic (exact) mass is 248 g/mol. The first-order chi connectivity index (χ1) is 8.42. The maximum Gasteiger partial charge on any atom is 0.233 e. The molecule has 0 aromatic carbocycles. The van der Waals surface area contributed by atoms with Gasteiger partial charge in [-0.25, -0.2) is 0 Å². The summed E-state index contributed by atoms with van der Waals surface area (Å²) in [4.78, 5) is 0. The molecule has 4 heteroatoms. The lowest BCUT2D eigenvalue weighted by atomic mass is 10.1. The number of thioether (sulfide) groups is 1. The second-order valence-electron chi connectivity index (χ2n) is 4.58. The van der Waals surface area contributed by atoms with E-state index in [1.165, 1.54) is 5.56 Å². The second-order valence-corrected chi connectivity index (χ2v) is 5.68. The highest BCUT2D eigenvalue weighted by Gasteiger charge is 2.15. The molecule has 1 aliphatic carbocycles. The Morgan fingerprint density at radius 3 is 3.06 bits per heavy atom. The summed E-state index contributed by atoms with van der Waals surface area (Å²) >= 11 is 1.96. The molecular formula is C13H16N2OS. The van der Waals surface area contributed by atoms with Crippen molar-refractivity contribution in [1.29, 1.82) is 0 Å². The van der Waals surface area contributed by atoms with Gasteiger partial charge in [0.15, 0.2) is 0 Å². The summed E-state index contributed by atoms with van der Waals surface area (Å²) in [7, 11) is 0. The molecule has 17 heavy (non-hydrogen) atoms. The number of fused-ring (bicyclic) bond motifs is 1. The van der Waals surface area contributed by atoms with E-state index in [0.29, 0.717) is 11.8 Å². The van der Waals surface area contributed by atoms with Crippen LogP contribution in [0.1, 0.15) is 24.1 Å². The van der Waals surface area contributed by atoms with Crippen molar-refractivity contribution < 1.29 is 4.74 Å². The number of aromatic nitrogens is 2. The summed E-state index contributed by atoms with van der Waals surface area (Å²) in [6.07, 6.45) is 7.76. The van der Waals surface area contributed by atoms with Crippen LogP contribution < -0.4 is 4.74 Å². The Balaban J connectivity index is 1.63. The molecule has 0 saturated carbocycles. The number of allylic oxidation sites excluding steroid dienone is 2. The van der Waals surface area contributed by atoms with Crippen LogP contribution >= 0.6 is 11.8 Å². The number of rotatable bonds is 3. The number of hydrogen-bond acceptors (Lipinski definition) is 4. The fourth-order valence-electron chi connectivity index (χ4n) is 2.21. The first-order valence-corrected chi connectivity index (χ1v) is 7.28. The molecule has 1 aliphatic heterocycles. The molecule has 90 valence electrons. The molecule has 2 aliphatic rings. The van der Waals surface area contributed by atoms with Gasteiger partial charge < -0.3 is 4.74 Å². The van der Waals surface area contributed by atoms with Crippen LogP contribution in [0.25, 0.3) is 0 Å². The molecule has 0 spiro atoms. The Hall–Kier alpha value is -1.03. The van der Waals surface area contributed by atoms with Crippen molar-refractivity contribution in [1.82, 2.24) is 10.2 Å². The maximum atomic E-state index is 5.73. The quantitative estimate of drug-likeness (QED) is 0.770. The molecule has 0 amide bonds. The molecule has 1 aromatic heterocycles. The van der Waals surface area contributed by atoms with Crippen LogP contribution in [0.2, 0.25) is 0 Å². The van der Waals surface area contributed by atoms with E-state index >= 15 is 0 Å². The van der Waals surface area contributed by atoms with Gasteiger partial charge in [0.25, 0.3) is 0 Å². The Kier molecular flexibility index (Phi) is 3.31. The Morgan fingerprint density at radius 2 is 2.18 bits per heavy atom. The van der Waals surface area contributed by atoms with Gasteiger partial charge in [0.05, 0.1) is 12.3 Å². The highest BCUT2D eigenvalue weighted by Crippen LogP contribution is 2.25. The number of hydrogen-bond donors (Lipinski definition) is 0. The van der Waals surface area contributed by atoms with E-state index in [1.807, 2.05) is 11.8 Å². The van der Waals surface area contributed by atoms with Crippen LogP contribution in [-0.4, -0.2) is 22.6 Å². The van der Waals surface area contributed by atoms with Crippen LogP contribution in [0, 0.1) is 5.92 Å². The third kappa shape index (κ3) is 2.63. The van der Waals surface area contributed by atoms with Crippen molar-refractivity contribution in [2.75, 3.05) is 12.4 Å². The molecular weight excluding hydrogens is 232 g/mol. The lowest BCUT2D eigenvalue weighted by molar-refractivity contribution is 0.244. The van der Waals surface area contributed by atoms with Gasteiger partial charge in [-0.15, -0.1) is 5.10 Å². The van der Waals surface area contributed by atoms with Crippen molar-refractivity contribution in [2.24, 2.45) is 5.92 Å². The minimum Gasteiger partial charge on any atom is -0.476 e. The first kappa shape index (κ1) is 11.1. The van der Waals surface area contributed by atoms with Crippen molar-refractivity contribution in [3.63, 3.8) is 0 Å². The van der Waals surface area contributed by atoms with E-state index in [1.54, 1.807) is 0 Å². The Bertz CT molecular complexity index is 425. The number of nitrogens with zero attached hydrogens (tertiary/aromatic N) is 2. The van der Waals surface area contributed by atoms with Gasteiger partial charge >= 0.3 is 0 Å². The predicted molar refractivity (Wildman–Crippen MR) is 69.3 cm³/mol. The lowest BCUT2D eigenvalue weighted by Gasteiger charge is -2.15. The molecule has 2 heterocycles. The van der Waals surface area contributed by atoms with Crippen molar-refractivity contribution in [2.45, 2.75) is 25.0 Å². The SMILES string of the molecule is C1=CCC(COc2cc3c(nn2)CCSC3)C1. The molecule has 0 N–H and O–H groups in total. The first-order valence-electron chi connectivity index (χ1n) is 6.13. The van der Waals surface area contributed by atoms with E-state index in [2.05, 4.69) is 28.4 Å². The second kappa shape index (κ2) is 5.08. The fourth-order valence-corrected chi connectivity index (χ4v) is 3.16. The van der Waals surface area contributed by atoms with Crippen molar-refractivity contribution in [3.8, 4) is 5.88 Å². The average molecular weight is 248 g/mol. The zero-order valence-electron chi connectivity index (χ0n) is 9.76. The van der Waals surface area contributed by atoms with Crippen LogP contribution in [0.15, 0.2) is 18.2 Å². The van der Waals surface area contributed by atoms with Crippen molar-refractivity contribution in [3.05, 3.63) is 29.5 Å². The predicted octanol–water partition coefficient (Wildman–Crippen LogP) is 2.61. The summed E-state index contributed by atoms with van der Waals surface area (Å²) in [6, 6.07) is 2.07.